The molecule has 0 N–H and O–H groups in total. The van der Waals surface area contributed by atoms with Crippen LogP contribution in [0.15, 0.2) is 24.3 Å². The standard InChI is InChI=1S/C21H30N4O2/c1-16(2)24(4)21(27)19-9-11-25(12-10-19)20(26)15-23(3)14-18-7-5-17(13-22)6-8-18/h5-8,16,19H,9-12,14-15H2,1-4H3. The highest BCUT2D eigenvalue weighted by atomic mass is 16.2. The lowest BCUT2D eigenvalue weighted by atomic mass is 9.95. The van der Waals surface area contributed by atoms with Gasteiger partial charge >= 0.3 is 0 Å². The number of nitriles is 1. The maximum Gasteiger partial charge on any atom is 0.236 e. The van der Waals surface area contributed by atoms with E-state index in [2.05, 4.69) is 6.07 Å². The number of carbonyl (C=O) groups excluding carboxylic acids is 2. The summed E-state index contributed by atoms with van der Waals surface area (Å²) >= 11 is 0. The van der Waals surface area contributed by atoms with Gasteiger partial charge in [-0.25, -0.2) is 0 Å². The van der Waals surface area contributed by atoms with Crippen molar-refractivity contribution in [2.24, 2.45) is 5.92 Å². The maximum atomic E-state index is 12.6. The lowest BCUT2D eigenvalue weighted by Crippen LogP contribution is -2.47. The number of likely N-dealkylation sites (tertiary alicyclic amines) is 1. The Bertz CT molecular complexity index is 685. The molecular formula is C21H30N4O2. The molecule has 2 rings (SSSR count). The fourth-order valence-corrected chi connectivity index (χ4v) is 3.30. The van der Waals surface area contributed by atoms with Crippen molar-refractivity contribution in [1.29, 1.82) is 5.26 Å². The molecule has 1 saturated heterocycles. The van der Waals surface area contributed by atoms with Crippen molar-refractivity contribution in [3.63, 3.8) is 0 Å². The fourth-order valence-electron chi connectivity index (χ4n) is 3.30. The molecule has 1 aromatic rings. The normalized spacial score (nSPS) is 15.1. The molecule has 1 aliphatic rings. The Kier molecular flexibility index (Phi) is 7.37. The number of rotatable bonds is 6. The highest BCUT2D eigenvalue weighted by Gasteiger charge is 2.29. The summed E-state index contributed by atoms with van der Waals surface area (Å²) in [4.78, 5) is 30.6. The molecule has 0 radical (unpaired) electrons. The number of hydrogen-bond acceptors (Lipinski definition) is 4. The molecule has 6 nitrogen and oxygen atoms in total. The van der Waals surface area contributed by atoms with E-state index in [-0.39, 0.29) is 23.8 Å². The molecule has 27 heavy (non-hydrogen) atoms. The van der Waals surface area contributed by atoms with Gasteiger partial charge in [0.1, 0.15) is 0 Å². The van der Waals surface area contributed by atoms with Gasteiger partial charge < -0.3 is 9.80 Å². The molecule has 0 bridgehead atoms. The predicted octanol–water partition coefficient (Wildman–Crippen LogP) is 2.10. The Hall–Kier alpha value is -2.39. The zero-order valence-corrected chi connectivity index (χ0v) is 16.8. The Morgan fingerprint density at radius 3 is 2.30 bits per heavy atom. The highest BCUT2D eigenvalue weighted by molar-refractivity contribution is 5.81. The van der Waals surface area contributed by atoms with Crippen LogP contribution in [0.3, 0.4) is 0 Å². The minimum Gasteiger partial charge on any atom is -0.343 e. The molecule has 1 aromatic carbocycles. The van der Waals surface area contributed by atoms with Crippen LogP contribution in [0.25, 0.3) is 0 Å². The van der Waals surface area contributed by atoms with Crippen molar-refractivity contribution >= 4 is 11.8 Å². The van der Waals surface area contributed by atoms with Crippen molar-refractivity contribution < 1.29 is 9.59 Å². The SMILES string of the molecule is CC(C)N(C)C(=O)C1CCN(C(=O)CN(C)Cc2ccc(C#N)cc2)CC1. The molecule has 6 heteroatoms. The summed E-state index contributed by atoms with van der Waals surface area (Å²) in [6.07, 6.45) is 1.47. The second-order valence-corrected chi connectivity index (χ2v) is 7.68. The first-order valence-corrected chi connectivity index (χ1v) is 9.53. The number of amides is 2. The summed E-state index contributed by atoms with van der Waals surface area (Å²) < 4.78 is 0. The van der Waals surface area contributed by atoms with Gasteiger partial charge in [0.2, 0.25) is 11.8 Å². The fraction of sp³-hybridized carbons (Fsp3) is 0.571. The van der Waals surface area contributed by atoms with Crippen molar-refractivity contribution in [2.75, 3.05) is 33.7 Å². The number of piperidine rings is 1. The van der Waals surface area contributed by atoms with Gasteiger partial charge in [-0.3, -0.25) is 14.5 Å². The summed E-state index contributed by atoms with van der Waals surface area (Å²) in [6.45, 7) is 6.33. The molecule has 0 aromatic heterocycles. The largest absolute Gasteiger partial charge is 0.343 e. The first-order chi connectivity index (χ1) is 12.8. The lowest BCUT2D eigenvalue weighted by Gasteiger charge is -2.35. The van der Waals surface area contributed by atoms with Gasteiger partial charge in [-0.05, 0) is 51.4 Å². The third kappa shape index (κ3) is 5.80. The van der Waals surface area contributed by atoms with Crippen molar-refractivity contribution in [2.45, 2.75) is 39.3 Å². The van der Waals surface area contributed by atoms with Gasteiger partial charge in [0.05, 0.1) is 18.2 Å². The molecule has 146 valence electrons. The quantitative estimate of drug-likeness (QED) is 0.769. The number of likely N-dealkylation sites (N-methyl/N-ethyl adjacent to an activating group) is 1. The first-order valence-electron chi connectivity index (χ1n) is 9.53. The van der Waals surface area contributed by atoms with E-state index in [0.29, 0.717) is 31.7 Å². The van der Waals surface area contributed by atoms with Gasteiger partial charge in [-0.15, -0.1) is 0 Å². The van der Waals surface area contributed by atoms with E-state index in [9.17, 15) is 9.59 Å². The van der Waals surface area contributed by atoms with Gasteiger partial charge in [-0.1, -0.05) is 12.1 Å². The molecule has 1 aliphatic heterocycles. The minimum atomic E-state index is 0.0258. The summed E-state index contributed by atoms with van der Waals surface area (Å²) in [5.41, 5.74) is 1.71. The summed E-state index contributed by atoms with van der Waals surface area (Å²) in [7, 11) is 3.77. The molecule has 0 unspecified atom stereocenters. The maximum absolute atomic E-state index is 12.6. The van der Waals surface area contributed by atoms with E-state index < -0.39 is 0 Å². The van der Waals surface area contributed by atoms with Crippen LogP contribution in [0.5, 0.6) is 0 Å². The zero-order valence-electron chi connectivity index (χ0n) is 16.8. The van der Waals surface area contributed by atoms with Crippen LogP contribution in [-0.4, -0.2) is 66.3 Å². The Morgan fingerprint density at radius 2 is 1.78 bits per heavy atom. The zero-order chi connectivity index (χ0) is 20.0. The average molecular weight is 370 g/mol. The van der Waals surface area contributed by atoms with Crippen LogP contribution in [0, 0.1) is 17.2 Å². The van der Waals surface area contributed by atoms with Crippen molar-refractivity contribution in [3.8, 4) is 6.07 Å². The molecule has 1 fully saturated rings. The topological polar surface area (TPSA) is 67.7 Å². The minimum absolute atomic E-state index is 0.0258. The van der Waals surface area contributed by atoms with Gasteiger partial charge in [-0.2, -0.15) is 5.26 Å². The van der Waals surface area contributed by atoms with Gasteiger partial charge in [0.25, 0.3) is 0 Å². The van der Waals surface area contributed by atoms with Crippen LogP contribution in [0.4, 0.5) is 0 Å². The first kappa shape index (κ1) is 20.9. The number of nitrogens with zero attached hydrogens (tertiary/aromatic N) is 4. The molecule has 0 aliphatic carbocycles. The third-order valence-electron chi connectivity index (χ3n) is 5.26. The highest BCUT2D eigenvalue weighted by Crippen LogP contribution is 2.20. The van der Waals surface area contributed by atoms with E-state index in [1.54, 1.807) is 17.0 Å². The van der Waals surface area contributed by atoms with Crippen LogP contribution in [0.2, 0.25) is 0 Å². The molecule has 0 saturated carbocycles. The van der Waals surface area contributed by atoms with Gasteiger partial charge in [0, 0.05) is 38.6 Å². The molecule has 0 atom stereocenters. The molecule has 0 spiro atoms. The Labute approximate surface area is 162 Å². The Morgan fingerprint density at radius 1 is 1.19 bits per heavy atom. The second kappa shape index (κ2) is 9.52. The lowest BCUT2D eigenvalue weighted by molar-refractivity contribution is -0.141. The van der Waals surface area contributed by atoms with Crippen molar-refractivity contribution in [3.05, 3.63) is 35.4 Å². The third-order valence-corrected chi connectivity index (χ3v) is 5.26. The molecular weight excluding hydrogens is 340 g/mol. The molecule has 2 amide bonds. The number of benzene rings is 1. The Balaban J connectivity index is 1.79. The van der Waals surface area contributed by atoms with E-state index in [4.69, 9.17) is 5.26 Å². The van der Waals surface area contributed by atoms with Crippen LogP contribution in [-0.2, 0) is 16.1 Å². The second-order valence-electron chi connectivity index (χ2n) is 7.68. The van der Waals surface area contributed by atoms with Crippen LogP contribution in [0.1, 0.15) is 37.8 Å². The van der Waals surface area contributed by atoms with Gasteiger partial charge in [0.15, 0.2) is 0 Å². The molecule has 1 heterocycles. The van der Waals surface area contributed by atoms with Crippen molar-refractivity contribution in [1.82, 2.24) is 14.7 Å². The van der Waals surface area contributed by atoms with Crippen LogP contribution >= 0.6 is 0 Å². The summed E-state index contributed by atoms with van der Waals surface area (Å²) in [6, 6.07) is 9.73. The monoisotopic (exact) mass is 370 g/mol. The number of hydrogen-bond donors (Lipinski definition) is 0. The smallest absolute Gasteiger partial charge is 0.236 e. The average Bonchev–Trinajstić information content (AvgIpc) is 2.67. The van der Waals surface area contributed by atoms with E-state index in [1.807, 2.05) is 49.9 Å². The summed E-state index contributed by atoms with van der Waals surface area (Å²) in [5, 5.41) is 8.85. The van der Waals surface area contributed by atoms with E-state index in [0.717, 1.165) is 18.4 Å². The van der Waals surface area contributed by atoms with E-state index in [1.165, 1.54) is 0 Å². The van der Waals surface area contributed by atoms with E-state index >= 15 is 0 Å². The van der Waals surface area contributed by atoms with Crippen LogP contribution < -0.4 is 0 Å². The predicted molar refractivity (Wildman–Crippen MR) is 105 cm³/mol. The number of carbonyl (C=O) groups is 2. The summed E-state index contributed by atoms with van der Waals surface area (Å²) in [5.74, 6) is 0.321.